The monoisotopic (exact) mass is 385 g/mol. The summed E-state index contributed by atoms with van der Waals surface area (Å²) in [4.78, 5) is 28.0. The van der Waals surface area contributed by atoms with Crippen molar-refractivity contribution in [2.45, 2.75) is 23.9 Å². The summed E-state index contributed by atoms with van der Waals surface area (Å²) < 4.78 is 6.87. The van der Waals surface area contributed by atoms with Crippen molar-refractivity contribution in [2.24, 2.45) is 0 Å². The minimum atomic E-state index is -0.425. The first kappa shape index (κ1) is 19.1. The van der Waals surface area contributed by atoms with Crippen LogP contribution in [0.5, 0.6) is 0 Å². The second-order valence-electron chi connectivity index (χ2n) is 6.10. The second-order valence-corrected chi connectivity index (χ2v) is 7.05. The van der Waals surface area contributed by atoms with Crippen molar-refractivity contribution < 1.29 is 9.66 Å². The molecule has 0 aliphatic heterocycles. The van der Waals surface area contributed by atoms with E-state index < -0.39 is 4.92 Å². The van der Waals surface area contributed by atoms with Gasteiger partial charge in [0.1, 0.15) is 0 Å². The molecule has 2 aromatic carbocycles. The minimum Gasteiger partial charge on any atom is -0.383 e. The van der Waals surface area contributed by atoms with E-state index in [-0.39, 0.29) is 17.3 Å². The van der Waals surface area contributed by atoms with Crippen LogP contribution in [0.1, 0.15) is 18.5 Å². The van der Waals surface area contributed by atoms with Crippen molar-refractivity contribution in [1.29, 1.82) is 0 Å². The molecule has 0 aliphatic rings. The van der Waals surface area contributed by atoms with Gasteiger partial charge in [-0.05, 0) is 24.6 Å². The zero-order valence-corrected chi connectivity index (χ0v) is 15.8. The maximum atomic E-state index is 13.0. The lowest BCUT2D eigenvalue weighted by molar-refractivity contribution is -0.384. The predicted octanol–water partition coefficient (Wildman–Crippen LogP) is 3.80. The molecule has 0 bridgehead atoms. The topological polar surface area (TPSA) is 87.3 Å². The summed E-state index contributed by atoms with van der Waals surface area (Å²) in [6, 6.07) is 13.5. The number of fused-ring (bicyclic) bond motifs is 1. The van der Waals surface area contributed by atoms with Gasteiger partial charge in [0.25, 0.3) is 11.2 Å². The van der Waals surface area contributed by atoms with Crippen molar-refractivity contribution in [1.82, 2.24) is 9.55 Å². The lowest BCUT2D eigenvalue weighted by Crippen LogP contribution is -2.28. The van der Waals surface area contributed by atoms with Gasteiger partial charge in [0.05, 0.1) is 28.5 Å². The van der Waals surface area contributed by atoms with E-state index in [4.69, 9.17) is 4.74 Å². The zero-order chi connectivity index (χ0) is 19.4. The van der Waals surface area contributed by atoms with Crippen LogP contribution in [0, 0.1) is 10.1 Å². The molecule has 8 heteroatoms. The Hall–Kier alpha value is -2.71. The predicted molar refractivity (Wildman–Crippen MR) is 105 cm³/mol. The normalized spacial score (nSPS) is 12.2. The van der Waals surface area contributed by atoms with Crippen LogP contribution in [0.2, 0.25) is 0 Å². The van der Waals surface area contributed by atoms with E-state index >= 15 is 0 Å². The van der Waals surface area contributed by atoms with Crippen molar-refractivity contribution in [2.75, 3.05) is 13.7 Å². The first-order valence-electron chi connectivity index (χ1n) is 8.37. The van der Waals surface area contributed by atoms with Gasteiger partial charge in [0.15, 0.2) is 5.16 Å². The van der Waals surface area contributed by atoms with Crippen LogP contribution in [0.4, 0.5) is 5.69 Å². The van der Waals surface area contributed by atoms with E-state index in [1.807, 2.05) is 25.1 Å². The van der Waals surface area contributed by atoms with Crippen LogP contribution in [0.3, 0.4) is 0 Å². The molecule has 3 rings (SSSR count). The summed E-state index contributed by atoms with van der Waals surface area (Å²) in [5.41, 5.74) is 1.52. The molecule has 0 radical (unpaired) electrons. The van der Waals surface area contributed by atoms with Crippen LogP contribution in [-0.2, 0) is 10.5 Å². The Labute approximate surface area is 160 Å². The number of thioether (sulfide) groups is 1. The van der Waals surface area contributed by atoms with Gasteiger partial charge in [-0.15, -0.1) is 0 Å². The number of aromatic nitrogens is 2. The maximum Gasteiger partial charge on any atom is 0.269 e. The third-order valence-electron chi connectivity index (χ3n) is 4.14. The molecule has 0 unspecified atom stereocenters. The molecule has 0 spiro atoms. The smallest absolute Gasteiger partial charge is 0.269 e. The first-order valence-corrected chi connectivity index (χ1v) is 9.36. The molecular formula is C19H19N3O4S. The van der Waals surface area contributed by atoms with Gasteiger partial charge in [-0.25, -0.2) is 4.98 Å². The Morgan fingerprint density at radius 2 is 1.93 bits per heavy atom. The summed E-state index contributed by atoms with van der Waals surface area (Å²) in [5, 5.41) is 11.9. The highest BCUT2D eigenvalue weighted by Gasteiger charge is 2.16. The summed E-state index contributed by atoms with van der Waals surface area (Å²) in [5.74, 6) is 0.544. The van der Waals surface area contributed by atoms with Crippen molar-refractivity contribution in [3.8, 4) is 0 Å². The fourth-order valence-electron chi connectivity index (χ4n) is 2.79. The van der Waals surface area contributed by atoms with Crippen LogP contribution in [0.25, 0.3) is 10.9 Å². The van der Waals surface area contributed by atoms with Crippen molar-refractivity contribution >= 4 is 28.4 Å². The second kappa shape index (κ2) is 8.32. The largest absolute Gasteiger partial charge is 0.383 e. The van der Waals surface area contributed by atoms with Crippen LogP contribution in [-0.4, -0.2) is 28.2 Å². The molecule has 0 amide bonds. The number of nitrogens with zero attached hydrogens (tertiary/aromatic N) is 3. The lowest BCUT2D eigenvalue weighted by Gasteiger charge is -2.18. The highest BCUT2D eigenvalue weighted by atomic mass is 32.2. The Morgan fingerprint density at radius 3 is 2.59 bits per heavy atom. The number of methoxy groups -OCH3 is 1. The molecule has 27 heavy (non-hydrogen) atoms. The van der Waals surface area contributed by atoms with Gasteiger partial charge in [0, 0.05) is 25.0 Å². The van der Waals surface area contributed by atoms with Gasteiger partial charge >= 0.3 is 0 Å². The molecule has 1 heterocycles. The van der Waals surface area contributed by atoms with Gasteiger partial charge in [-0.1, -0.05) is 36.0 Å². The average Bonchev–Trinajstić information content (AvgIpc) is 2.67. The van der Waals surface area contributed by atoms with E-state index in [1.54, 1.807) is 29.9 Å². The summed E-state index contributed by atoms with van der Waals surface area (Å²) in [6.07, 6.45) is 0. The molecule has 140 valence electrons. The van der Waals surface area contributed by atoms with Crippen molar-refractivity contribution in [3.63, 3.8) is 0 Å². The number of nitro benzene ring substituents is 1. The van der Waals surface area contributed by atoms with Crippen LogP contribution >= 0.6 is 11.8 Å². The molecule has 0 saturated carbocycles. The first-order chi connectivity index (χ1) is 13.0. The fourth-order valence-corrected chi connectivity index (χ4v) is 3.85. The van der Waals surface area contributed by atoms with Crippen LogP contribution in [0.15, 0.2) is 58.5 Å². The molecule has 1 atom stereocenters. The SMILES string of the molecule is COC[C@@H](C)n1c(SCc2ccc([N+](=O)[O-])cc2)nc2ccccc2c1=O. The van der Waals surface area contributed by atoms with Crippen LogP contribution < -0.4 is 5.56 Å². The Bertz CT molecular complexity index is 1020. The number of hydrogen-bond donors (Lipinski definition) is 0. The Morgan fingerprint density at radius 1 is 1.22 bits per heavy atom. The third-order valence-corrected chi connectivity index (χ3v) is 5.16. The number of para-hydroxylation sites is 1. The average molecular weight is 385 g/mol. The van der Waals surface area contributed by atoms with E-state index in [1.165, 1.54) is 23.9 Å². The van der Waals surface area contributed by atoms with E-state index in [0.717, 1.165) is 5.56 Å². The van der Waals surface area contributed by atoms with Gasteiger partial charge in [-0.3, -0.25) is 19.5 Å². The molecule has 0 saturated heterocycles. The van der Waals surface area contributed by atoms with Gasteiger partial charge in [-0.2, -0.15) is 0 Å². The molecule has 0 fully saturated rings. The number of nitro groups is 1. The molecular weight excluding hydrogens is 366 g/mol. The van der Waals surface area contributed by atoms with Crippen molar-refractivity contribution in [3.05, 3.63) is 74.6 Å². The van der Waals surface area contributed by atoms with E-state index in [9.17, 15) is 14.9 Å². The number of ether oxygens (including phenoxy) is 1. The quantitative estimate of drug-likeness (QED) is 0.266. The third kappa shape index (κ3) is 4.17. The summed E-state index contributed by atoms with van der Waals surface area (Å²) in [7, 11) is 1.60. The standard InChI is InChI=1S/C19H19N3O4S/c1-13(11-26-2)21-18(23)16-5-3-4-6-17(16)20-19(21)27-12-14-7-9-15(10-8-14)22(24)25/h3-10,13H,11-12H2,1-2H3/t13-/m1/s1. The van der Waals surface area contributed by atoms with E-state index in [2.05, 4.69) is 4.98 Å². The molecule has 3 aromatic rings. The summed E-state index contributed by atoms with van der Waals surface area (Å²) in [6.45, 7) is 2.31. The highest BCUT2D eigenvalue weighted by Crippen LogP contribution is 2.25. The molecule has 0 N–H and O–H groups in total. The maximum absolute atomic E-state index is 13.0. The number of hydrogen-bond acceptors (Lipinski definition) is 6. The number of rotatable bonds is 7. The number of benzene rings is 2. The Balaban J connectivity index is 1.95. The fraction of sp³-hybridized carbons (Fsp3) is 0.263. The molecule has 0 aliphatic carbocycles. The molecule has 1 aromatic heterocycles. The van der Waals surface area contributed by atoms with Gasteiger partial charge < -0.3 is 4.74 Å². The zero-order valence-electron chi connectivity index (χ0n) is 15.0. The Kier molecular flexibility index (Phi) is 5.88. The summed E-state index contributed by atoms with van der Waals surface area (Å²) >= 11 is 1.42. The molecule has 7 nitrogen and oxygen atoms in total. The number of non-ortho nitro benzene ring substituents is 1. The van der Waals surface area contributed by atoms with E-state index in [0.29, 0.717) is 28.4 Å². The lowest BCUT2D eigenvalue weighted by atomic mass is 10.2. The minimum absolute atomic E-state index is 0.0539. The highest BCUT2D eigenvalue weighted by molar-refractivity contribution is 7.98. The van der Waals surface area contributed by atoms with Gasteiger partial charge in [0.2, 0.25) is 0 Å².